The maximum Gasteiger partial charge on any atom is 0.230 e. The van der Waals surface area contributed by atoms with Crippen molar-refractivity contribution in [2.75, 3.05) is 26.7 Å². The van der Waals surface area contributed by atoms with Gasteiger partial charge in [-0.1, -0.05) is 5.16 Å². The van der Waals surface area contributed by atoms with E-state index in [1.807, 2.05) is 4.90 Å². The van der Waals surface area contributed by atoms with Gasteiger partial charge in [0.25, 0.3) is 0 Å². The van der Waals surface area contributed by atoms with Crippen LogP contribution in [0.4, 0.5) is 0 Å². The quantitative estimate of drug-likeness (QED) is 0.316. The summed E-state index contributed by atoms with van der Waals surface area (Å²) >= 11 is 0. The van der Waals surface area contributed by atoms with Crippen molar-refractivity contribution in [2.45, 2.75) is 31.7 Å². The summed E-state index contributed by atoms with van der Waals surface area (Å²) in [6.07, 6.45) is 3.45. The fourth-order valence-electron chi connectivity index (χ4n) is 3.18. The van der Waals surface area contributed by atoms with E-state index in [0.717, 1.165) is 19.5 Å². The van der Waals surface area contributed by atoms with Gasteiger partial charge in [-0.3, -0.25) is 4.79 Å². The smallest absolute Gasteiger partial charge is 0.230 e. The maximum absolute atomic E-state index is 12.0. The number of rotatable bonds is 2. The standard InChI is InChI=1S/C12H22N4O2/c1-15-5-2-3-9-8-16(6-4-10(9)15)12(17)7-11(13)14-18/h9-10,18H,2-8H2,1H3,(H2,13,14). The largest absolute Gasteiger partial charge is 0.409 e. The lowest BCUT2D eigenvalue weighted by Crippen LogP contribution is -2.54. The van der Waals surface area contributed by atoms with Crippen LogP contribution in [0.5, 0.6) is 0 Å². The number of carbonyl (C=O) groups excluding carboxylic acids is 1. The highest BCUT2D eigenvalue weighted by atomic mass is 16.4. The van der Waals surface area contributed by atoms with Gasteiger partial charge in [-0.05, 0) is 38.8 Å². The van der Waals surface area contributed by atoms with E-state index >= 15 is 0 Å². The Labute approximate surface area is 107 Å². The van der Waals surface area contributed by atoms with Gasteiger partial charge in [-0.25, -0.2) is 0 Å². The number of nitrogens with two attached hydrogens (primary N) is 1. The van der Waals surface area contributed by atoms with Crippen molar-refractivity contribution in [2.24, 2.45) is 16.8 Å². The van der Waals surface area contributed by atoms with Crippen LogP contribution in [0.2, 0.25) is 0 Å². The van der Waals surface area contributed by atoms with Crippen LogP contribution in [0, 0.1) is 5.92 Å². The third-order valence-electron chi connectivity index (χ3n) is 4.16. The second-order valence-electron chi connectivity index (χ2n) is 5.35. The molecule has 0 radical (unpaired) electrons. The first kappa shape index (κ1) is 13.1. The van der Waals surface area contributed by atoms with E-state index in [1.165, 1.54) is 19.4 Å². The number of hydrogen-bond donors (Lipinski definition) is 2. The van der Waals surface area contributed by atoms with Crippen molar-refractivity contribution in [1.29, 1.82) is 0 Å². The molecule has 2 aliphatic rings. The molecule has 2 fully saturated rings. The number of amidine groups is 1. The topological polar surface area (TPSA) is 82.2 Å². The fraction of sp³-hybridized carbons (Fsp3) is 0.833. The number of fused-ring (bicyclic) bond motifs is 1. The molecule has 6 nitrogen and oxygen atoms in total. The molecule has 2 rings (SSSR count). The number of piperidine rings is 2. The van der Waals surface area contributed by atoms with Crippen LogP contribution in [-0.4, -0.2) is 59.5 Å². The van der Waals surface area contributed by atoms with E-state index in [2.05, 4.69) is 17.1 Å². The molecule has 6 heteroatoms. The minimum Gasteiger partial charge on any atom is -0.409 e. The zero-order valence-corrected chi connectivity index (χ0v) is 10.9. The van der Waals surface area contributed by atoms with Gasteiger partial charge in [0, 0.05) is 19.1 Å². The van der Waals surface area contributed by atoms with Crippen molar-refractivity contribution >= 4 is 11.7 Å². The summed E-state index contributed by atoms with van der Waals surface area (Å²) in [5.41, 5.74) is 5.38. The summed E-state index contributed by atoms with van der Waals surface area (Å²) in [5.74, 6) is 0.536. The average Bonchev–Trinajstić information content (AvgIpc) is 2.38. The highest BCUT2D eigenvalue weighted by Gasteiger charge is 2.35. The molecule has 2 atom stereocenters. The molecule has 2 unspecified atom stereocenters. The molecular weight excluding hydrogens is 232 g/mol. The Bertz CT molecular complexity index is 345. The monoisotopic (exact) mass is 254 g/mol. The molecule has 0 spiro atoms. The number of nitrogens with zero attached hydrogens (tertiary/aromatic N) is 3. The van der Waals surface area contributed by atoms with Gasteiger partial charge in [-0.15, -0.1) is 0 Å². The average molecular weight is 254 g/mol. The third-order valence-corrected chi connectivity index (χ3v) is 4.16. The van der Waals surface area contributed by atoms with E-state index in [4.69, 9.17) is 10.9 Å². The minimum atomic E-state index is -0.0306. The second-order valence-corrected chi connectivity index (χ2v) is 5.35. The predicted molar refractivity (Wildman–Crippen MR) is 68.4 cm³/mol. The lowest BCUT2D eigenvalue weighted by molar-refractivity contribution is -0.133. The Morgan fingerprint density at radius 2 is 2.22 bits per heavy atom. The number of likely N-dealkylation sites (tertiary alicyclic amines) is 2. The number of carbonyl (C=O) groups is 1. The Morgan fingerprint density at radius 3 is 2.94 bits per heavy atom. The number of hydrogen-bond acceptors (Lipinski definition) is 4. The Hall–Kier alpha value is -1.30. The van der Waals surface area contributed by atoms with Gasteiger partial charge in [0.1, 0.15) is 5.84 Å². The van der Waals surface area contributed by atoms with E-state index in [1.54, 1.807) is 0 Å². The summed E-state index contributed by atoms with van der Waals surface area (Å²) in [4.78, 5) is 16.2. The molecule has 0 aromatic rings. The first-order valence-electron chi connectivity index (χ1n) is 6.56. The minimum absolute atomic E-state index is 0.0112. The van der Waals surface area contributed by atoms with Crippen LogP contribution in [-0.2, 0) is 4.79 Å². The molecule has 18 heavy (non-hydrogen) atoms. The molecule has 0 aromatic carbocycles. The highest BCUT2D eigenvalue weighted by Crippen LogP contribution is 2.29. The van der Waals surface area contributed by atoms with Gasteiger partial charge in [0.15, 0.2) is 0 Å². The molecule has 102 valence electrons. The van der Waals surface area contributed by atoms with Crippen LogP contribution in [0.3, 0.4) is 0 Å². The summed E-state index contributed by atoms with van der Waals surface area (Å²) < 4.78 is 0. The molecule has 2 aliphatic heterocycles. The van der Waals surface area contributed by atoms with Crippen LogP contribution in [0.1, 0.15) is 25.7 Å². The number of oxime groups is 1. The summed E-state index contributed by atoms with van der Waals surface area (Å²) in [7, 11) is 2.17. The molecule has 1 amide bonds. The SMILES string of the molecule is CN1CCCC2CN(C(=O)CC(N)=NO)CCC21. The Morgan fingerprint density at radius 1 is 1.44 bits per heavy atom. The van der Waals surface area contributed by atoms with Crippen molar-refractivity contribution < 1.29 is 10.0 Å². The van der Waals surface area contributed by atoms with E-state index < -0.39 is 0 Å². The first-order chi connectivity index (χ1) is 8.61. The molecule has 2 heterocycles. The third kappa shape index (κ3) is 2.75. The summed E-state index contributed by atoms with van der Waals surface area (Å²) in [6, 6.07) is 0.617. The van der Waals surface area contributed by atoms with Gasteiger partial charge >= 0.3 is 0 Å². The normalized spacial score (nSPS) is 30.1. The van der Waals surface area contributed by atoms with E-state index in [0.29, 0.717) is 12.0 Å². The van der Waals surface area contributed by atoms with Gasteiger partial charge < -0.3 is 20.7 Å². The number of amides is 1. The lowest BCUT2D eigenvalue weighted by atomic mass is 9.84. The van der Waals surface area contributed by atoms with Crippen molar-refractivity contribution in [3.63, 3.8) is 0 Å². The van der Waals surface area contributed by atoms with Crippen molar-refractivity contribution in [3.05, 3.63) is 0 Å². The summed E-state index contributed by atoms with van der Waals surface area (Å²) in [5, 5.41) is 11.3. The molecule has 0 bridgehead atoms. The second kappa shape index (κ2) is 5.56. The van der Waals surface area contributed by atoms with Crippen LogP contribution in [0.15, 0.2) is 5.16 Å². The molecule has 0 aromatic heterocycles. The fourth-order valence-corrected chi connectivity index (χ4v) is 3.18. The first-order valence-corrected chi connectivity index (χ1v) is 6.56. The molecule has 0 saturated carbocycles. The summed E-state index contributed by atoms with van der Waals surface area (Å²) in [6.45, 7) is 2.76. The Kier molecular flexibility index (Phi) is 4.06. The van der Waals surface area contributed by atoms with Gasteiger partial charge in [0.2, 0.25) is 5.91 Å². The van der Waals surface area contributed by atoms with Crippen molar-refractivity contribution in [1.82, 2.24) is 9.80 Å². The maximum atomic E-state index is 12.0. The highest BCUT2D eigenvalue weighted by molar-refractivity contribution is 5.98. The van der Waals surface area contributed by atoms with Crippen LogP contribution in [0.25, 0.3) is 0 Å². The Balaban J connectivity index is 1.92. The lowest BCUT2D eigenvalue weighted by Gasteiger charge is -2.46. The molecule has 3 N–H and O–H groups in total. The van der Waals surface area contributed by atoms with Gasteiger partial charge in [0.05, 0.1) is 6.42 Å². The van der Waals surface area contributed by atoms with Crippen LogP contribution < -0.4 is 5.73 Å². The van der Waals surface area contributed by atoms with Gasteiger partial charge in [-0.2, -0.15) is 0 Å². The zero-order chi connectivity index (χ0) is 13.1. The van der Waals surface area contributed by atoms with E-state index in [9.17, 15) is 4.79 Å². The van der Waals surface area contributed by atoms with Crippen molar-refractivity contribution in [3.8, 4) is 0 Å². The zero-order valence-electron chi connectivity index (χ0n) is 10.9. The molecule has 2 saturated heterocycles. The van der Waals surface area contributed by atoms with E-state index in [-0.39, 0.29) is 18.2 Å². The predicted octanol–water partition coefficient (Wildman–Crippen LogP) is 0.0656. The molecular formula is C12H22N4O2. The molecule has 0 aliphatic carbocycles. The van der Waals surface area contributed by atoms with Crippen LogP contribution >= 0.6 is 0 Å².